The number of ether oxygens (including phenoxy) is 1. The third kappa shape index (κ3) is 1.38. The first kappa shape index (κ1) is 11.2. The Morgan fingerprint density at radius 3 is 2.68 bits per heavy atom. The molecule has 19 heavy (non-hydrogen) atoms. The number of rotatable bonds is 2. The molecule has 0 saturated carbocycles. The van der Waals surface area contributed by atoms with Crippen LogP contribution in [0.1, 0.15) is 28.3 Å². The normalized spacial score (nSPS) is 26.9. The van der Waals surface area contributed by atoms with E-state index < -0.39 is 0 Å². The van der Waals surface area contributed by atoms with Crippen molar-refractivity contribution in [3.8, 4) is 0 Å². The van der Waals surface area contributed by atoms with Crippen LogP contribution in [-0.2, 0) is 16.7 Å². The van der Waals surface area contributed by atoms with Crippen LogP contribution in [0.5, 0.6) is 0 Å². The van der Waals surface area contributed by atoms with Gasteiger partial charge in [-0.05, 0) is 28.7 Å². The fraction of sp³-hybridized carbons (Fsp3) is 0.294. The van der Waals surface area contributed by atoms with E-state index in [1.54, 1.807) is 7.11 Å². The molecule has 2 aliphatic heterocycles. The Bertz CT molecular complexity index is 624. The molecule has 2 aromatic carbocycles. The van der Waals surface area contributed by atoms with Gasteiger partial charge in [0.15, 0.2) is 0 Å². The summed E-state index contributed by atoms with van der Waals surface area (Å²) < 4.78 is 5.55. The van der Waals surface area contributed by atoms with Crippen LogP contribution in [0.4, 0.5) is 0 Å². The maximum Gasteiger partial charge on any atom is 0.0938 e. The molecule has 0 fully saturated rings. The van der Waals surface area contributed by atoms with E-state index in [2.05, 4.69) is 53.8 Å². The van der Waals surface area contributed by atoms with Crippen LogP contribution in [0.3, 0.4) is 0 Å². The van der Waals surface area contributed by atoms with Gasteiger partial charge in [0.25, 0.3) is 0 Å². The van der Waals surface area contributed by atoms with Crippen LogP contribution in [0, 0.1) is 0 Å². The third-order valence-electron chi connectivity index (χ3n) is 4.48. The molecule has 2 aliphatic rings. The van der Waals surface area contributed by atoms with E-state index in [9.17, 15) is 0 Å². The highest BCUT2D eigenvalue weighted by Gasteiger charge is 2.48. The second-order valence-corrected chi connectivity index (χ2v) is 5.48. The zero-order chi connectivity index (χ0) is 12.9. The molecule has 0 aromatic heterocycles. The van der Waals surface area contributed by atoms with Gasteiger partial charge >= 0.3 is 0 Å². The van der Waals surface area contributed by atoms with Crippen LogP contribution >= 0.6 is 0 Å². The lowest BCUT2D eigenvalue weighted by molar-refractivity contribution is 0.126. The van der Waals surface area contributed by atoms with Crippen molar-refractivity contribution in [2.24, 2.45) is 0 Å². The predicted octanol–water partition coefficient (Wildman–Crippen LogP) is 2.78. The first-order valence-corrected chi connectivity index (χ1v) is 6.79. The molecule has 2 unspecified atom stereocenters. The fourth-order valence-electron chi connectivity index (χ4n) is 3.77. The summed E-state index contributed by atoms with van der Waals surface area (Å²) in [6.45, 7) is 0.678. The van der Waals surface area contributed by atoms with Crippen LogP contribution in [0.25, 0.3) is 0 Å². The average Bonchev–Trinajstić information content (AvgIpc) is 2.71. The summed E-state index contributed by atoms with van der Waals surface area (Å²) in [5.41, 5.74) is 5.46. The summed E-state index contributed by atoms with van der Waals surface area (Å²) in [5, 5.41) is 3.80. The Labute approximate surface area is 113 Å². The van der Waals surface area contributed by atoms with E-state index in [4.69, 9.17) is 4.74 Å². The van der Waals surface area contributed by atoms with Crippen molar-refractivity contribution in [1.29, 1.82) is 0 Å². The van der Waals surface area contributed by atoms with Crippen molar-refractivity contribution >= 4 is 0 Å². The maximum absolute atomic E-state index is 5.55. The second-order valence-electron chi connectivity index (χ2n) is 5.48. The summed E-state index contributed by atoms with van der Waals surface area (Å²) in [6, 6.07) is 17.9. The second kappa shape index (κ2) is 3.92. The average molecular weight is 251 g/mol. The van der Waals surface area contributed by atoms with Crippen molar-refractivity contribution in [2.45, 2.75) is 18.0 Å². The molecule has 2 aromatic rings. The largest absolute Gasteiger partial charge is 0.382 e. The number of nitrogens with one attached hydrogen (secondary N) is 1. The number of hydrogen-bond acceptors (Lipinski definition) is 2. The monoisotopic (exact) mass is 251 g/mol. The lowest BCUT2D eigenvalue weighted by atomic mass is 9.81. The molecule has 2 atom stereocenters. The van der Waals surface area contributed by atoms with Crippen LogP contribution in [-0.4, -0.2) is 13.7 Å². The molecule has 4 rings (SSSR count). The van der Waals surface area contributed by atoms with Crippen molar-refractivity contribution in [3.63, 3.8) is 0 Å². The fourth-order valence-corrected chi connectivity index (χ4v) is 3.77. The number of benzene rings is 2. The van der Waals surface area contributed by atoms with Gasteiger partial charge in [-0.2, -0.15) is 0 Å². The minimum atomic E-state index is -0.162. The summed E-state index contributed by atoms with van der Waals surface area (Å²) in [7, 11) is 1.78. The lowest BCUT2D eigenvalue weighted by Crippen LogP contribution is -2.47. The molecule has 2 bridgehead atoms. The van der Waals surface area contributed by atoms with E-state index in [1.165, 1.54) is 22.3 Å². The molecule has 0 aliphatic carbocycles. The molecule has 0 radical (unpaired) electrons. The van der Waals surface area contributed by atoms with E-state index in [1.807, 2.05) is 0 Å². The van der Waals surface area contributed by atoms with Crippen LogP contribution in [0.2, 0.25) is 0 Å². The Kier molecular flexibility index (Phi) is 2.32. The van der Waals surface area contributed by atoms with Crippen LogP contribution < -0.4 is 5.32 Å². The number of fused-ring (bicyclic) bond motifs is 7. The van der Waals surface area contributed by atoms with Gasteiger partial charge in [0.1, 0.15) is 0 Å². The van der Waals surface area contributed by atoms with Crippen molar-refractivity contribution in [2.75, 3.05) is 13.7 Å². The Morgan fingerprint density at radius 1 is 1.11 bits per heavy atom. The topological polar surface area (TPSA) is 21.3 Å². The molecule has 0 saturated heterocycles. The van der Waals surface area contributed by atoms with Gasteiger partial charge in [0.05, 0.1) is 12.1 Å². The zero-order valence-corrected chi connectivity index (χ0v) is 11.0. The van der Waals surface area contributed by atoms with E-state index >= 15 is 0 Å². The highest BCUT2D eigenvalue weighted by Crippen LogP contribution is 2.48. The number of methoxy groups -OCH3 is 1. The highest BCUT2D eigenvalue weighted by molar-refractivity contribution is 5.55. The number of hydrogen-bond donors (Lipinski definition) is 1. The zero-order valence-electron chi connectivity index (χ0n) is 11.0. The molecular formula is C17H17NO. The van der Waals surface area contributed by atoms with Gasteiger partial charge in [-0.15, -0.1) is 0 Å². The van der Waals surface area contributed by atoms with Gasteiger partial charge in [0, 0.05) is 13.2 Å². The molecule has 0 spiro atoms. The third-order valence-corrected chi connectivity index (χ3v) is 4.48. The Hall–Kier alpha value is -1.64. The van der Waals surface area contributed by atoms with Gasteiger partial charge < -0.3 is 4.74 Å². The first-order valence-electron chi connectivity index (χ1n) is 6.79. The van der Waals surface area contributed by atoms with E-state index in [-0.39, 0.29) is 5.54 Å². The summed E-state index contributed by atoms with van der Waals surface area (Å²) in [6.07, 6.45) is 1.07. The molecule has 1 N–H and O–H groups in total. The summed E-state index contributed by atoms with van der Waals surface area (Å²) in [5.74, 6) is 0. The van der Waals surface area contributed by atoms with Crippen LogP contribution in [0.15, 0.2) is 48.5 Å². The minimum absolute atomic E-state index is 0.162. The SMILES string of the molecule is COCC12NC(Cc3ccccc31)c1ccccc12. The Balaban J connectivity index is 2.01. The van der Waals surface area contributed by atoms with Crippen molar-refractivity contribution in [1.82, 2.24) is 5.32 Å². The van der Waals surface area contributed by atoms with Crippen molar-refractivity contribution in [3.05, 3.63) is 70.8 Å². The lowest BCUT2D eigenvalue weighted by Gasteiger charge is -2.37. The van der Waals surface area contributed by atoms with Gasteiger partial charge in [-0.3, -0.25) is 5.32 Å². The van der Waals surface area contributed by atoms with E-state index in [0.717, 1.165) is 6.42 Å². The molecule has 2 nitrogen and oxygen atoms in total. The van der Waals surface area contributed by atoms with Gasteiger partial charge in [-0.25, -0.2) is 0 Å². The highest BCUT2D eigenvalue weighted by atomic mass is 16.5. The molecular weight excluding hydrogens is 234 g/mol. The Morgan fingerprint density at radius 2 is 1.84 bits per heavy atom. The summed E-state index contributed by atoms with van der Waals surface area (Å²) >= 11 is 0. The molecule has 96 valence electrons. The standard InChI is InChI=1S/C17H17NO/c1-19-11-17-14-8-4-2-6-12(14)10-16(18-17)13-7-3-5-9-15(13)17/h2-9,16,18H,10-11H2,1H3. The van der Waals surface area contributed by atoms with Gasteiger partial charge in [0.2, 0.25) is 0 Å². The first-order chi connectivity index (χ1) is 9.35. The van der Waals surface area contributed by atoms with Gasteiger partial charge in [-0.1, -0.05) is 48.5 Å². The minimum Gasteiger partial charge on any atom is -0.382 e. The maximum atomic E-state index is 5.55. The molecule has 0 amide bonds. The quantitative estimate of drug-likeness (QED) is 0.886. The molecule has 2 heterocycles. The summed E-state index contributed by atoms with van der Waals surface area (Å²) in [4.78, 5) is 0. The van der Waals surface area contributed by atoms with E-state index in [0.29, 0.717) is 12.6 Å². The smallest absolute Gasteiger partial charge is 0.0938 e. The van der Waals surface area contributed by atoms with Crippen molar-refractivity contribution < 1.29 is 4.74 Å². The predicted molar refractivity (Wildman–Crippen MR) is 75.1 cm³/mol. The molecule has 2 heteroatoms.